The summed E-state index contributed by atoms with van der Waals surface area (Å²) in [5.41, 5.74) is 11.0. The summed E-state index contributed by atoms with van der Waals surface area (Å²) in [5, 5.41) is 3.24. The van der Waals surface area contributed by atoms with Crippen molar-refractivity contribution in [2.75, 3.05) is 6.54 Å². The summed E-state index contributed by atoms with van der Waals surface area (Å²) in [6, 6.07) is 0.0207. The maximum absolute atomic E-state index is 11.7. The van der Waals surface area contributed by atoms with Crippen molar-refractivity contribution in [2.24, 2.45) is 22.8 Å². The van der Waals surface area contributed by atoms with Gasteiger partial charge in [-0.25, -0.2) is 0 Å². The first-order valence-corrected chi connectivity index (χ1v) is 9.07. The van der Waals surface area contributed by atoms with E-state index in [4.69, 9.17) is 11.5 Å². The molecule has 1 aliphatic rings. The van der Waals surface area contributed by atoms with E-state index in [2.05, 4.69) is 39.4 Å². The molecule has 5 N–H and O–H groups in total. The Morgan fingerprint density at radius 3 is 1.58 bits per heavy atom. The van der Waals surface area contributed by atoms with Gasteiger partial charge >= 0.3 is 0 Å². The normalized spacial score (nSPS) is 19.7. The molecule has 0 aromatic carbocycles. The molecular formula is C20H46N3OY2-. The van der Waals surface area contributed by atoms with Gasteiger partial charge in [0.1, 0.15) is 5.78 Å². The SMILES string of the molecule is CC(C)(C)N.CC(C)(C)N.CC1[CH-]C(C(=O)CCC(C)(C)C)NC1.[HH].[Y].[Y]. The van der Waals surface area contributed by atoms with E-state index in [1.165, 1.54) is 0 Å². The Balaban J connectivity index is -0.000000106. The van der Waals surface area contributed by atoms with Gasteiger partial charge in [0.05, 0.1) is 0 Å². The molecule has 1 saturated heterocycles. The number of ketones is 1. The van der Waals surface area contributed by atoms with Crippen LogP contribution in [0.2, 0.25) is 0 Å². The number of rotatable bonds is 3. The Bertz CT molecular complexity index is 338. The number of hydrogen-bond donors (Lipinski definition) is 3. The zero-order valence-corrected chi connectivity index (χ0v) is 24.7. The third-order valence-corrected chi connectivity index (χ3v) is 2.65. The van der Waals surface area contributed by atoms with Crippen LogP contribution in [0.5, 0.6) is 0 Å². The summed E-state index contributed by atoms with van der Waals surface area (Å²) in [6.07, 6.45) is 3.81. The number of carbonyl (C=O) groups excluding carboxylic acids is 1. The van der Waals surface area contributed by atoms with Gasteiger partial charge in [-0.15, -0.1) is 0 Å². The molecule has 1 aliphatic heterocycles. The minimum atomic E-state index is 0. The minimum Gasteiger partial charge on any atom is -0.338 e. The monoisotopic (exact) mass is 522 g/mol. The molecule has 6 heteroatoms. The van der Waals surface area contributed by atoms with Crippen molar-refractivity contribution in [3.63, 3.8) is 0 Å². The Morgan fingerprint density at radius 2 is 1.35 bits per heavy atom. The van der Waals surface area contributed by atoms with Crippen molar-refractivity contribution in [3.8, 4) is 0 Å². The molecule has 2 unspecified atom stereocenters. The van der Waals surface area contributed by atoms with E-state index >= 15 is 0 Å². The second-order valence-electron chi connectivity index (χ2n) is 10.3. The van der Waals surface area contributed by atoms with Crippen molar-refractivity contribution >= 4 is 5.78 Å². The van der Waals surface area contributed by atoms with E-state index in [-0.39, 0.29) is 89.4 Å². The van der Waals surface area contributed by atoms with Gasteiger partial charge in [-0.2, -0.15) is 5.92 Å². The van der Waals surface area contributed by atoms with Gasteiger partial charge in [0.15, 0.2) is 0 Å². The van der Waals surface area contributed by atoms with Gasteiger partial charge in [-0.3, -0.25) is 0 Å². The Morgan fingerprint density at radius 1 is 1.00 bits per heavy atom. The van der Waals surface area contributed by atoms with Crippen molar-refractivity contribution in [1.29, 1.82) is 0 Å². The average molecular weight is 522 g/mol. The second kappa shape index (κ2) is 15.6. The molecule has 154 valence electrons. The molecule has 4 nitrogen and oxygen atoms in total. The topological polar surface area (TPSA) is 81.1 Å². The third kappa shape index (κ3) is 36.6. The summed E-state index contributed by atoms with van der Waals surface area (Å²) in [4.78, 5) is 11.7. The fourth-order valence-corrected chi connectivity index (χ4v) is 1.65. The largest absolute Gasteiger partial charge is 0.338 e. The van der Waals surface area contributed by atoms with Gasteiger partial charge in [0.25, 0.3) is 0 Å². The average Bonchev–Trinajstić information content (AvgIpc) is 2.67. The third-order valence-electron chi connectivity index (χ3n) is 2.65. The fourth-order valence-electron chi connectivity index (χ4n) is 1.65. The molecule has 26 heavy (non-hydrogen) atoms. The molecule has 1 heterocycles. The molecule has 0 aromatic heterocycles. The number of nitrogens with two attached hydrogens (primary N) is 2. The summed E-state index contributed by atoms with van der Waals surface area (Å²) in [7, 11) is 0. The molecule has 0 saturated carbocycles. The van der Waals surface area contributed by atoms with E-state index < -0.39 is 0 Å². The van der Waals surface area contributed by atoms with Gasteiger partial charge in [-0.05, 0) is 59.9 Å². The van der Waals surface area contributed by atoms with Gasteiger partial charge in [-0.1, -0.05) is 33.7 Å². The molecule has 1 fully saturated rings. The van der Waals surface area contributed by atoms with E-state index in [1.807, 2.05) is 41.5 Å². The predicted octanol–water partition coefficient (Wildman–Crippen LogP) is 3.92. The Labute approximate surface area is 215 Å². The van der Waals surface area contributed by atoms with Crippen LogP contribution in [-0.2, 0) is 70.2 Å². The van der Waals surface area contributed by atoms with Crippen LogP contribution in [-0.4, -0.2) is 29.4 Å². The van der Waals surface area contributed by atoms with Crippen LogP contribution in [0.3, 0.4) is 0 Å². The predicted molar refractivity (Wildman–Crippen MR) is 109 cm³/mol. The fraction of sp³-hybridized carbons (Fsp3) is 0.900. The van der Waals surface area contributed by atoms with Crippen LogP contribution in [0.1, 0.15) is 83.5 Å². The summed E-state index contributed by atoms with van der Waals surface area (Å²) in [6.45, 7) is 21.4. The number of nitrogens with one attached hydrogen (secondary N) is 1. The number of carbonyl (C=O) groups is 1. The first-order chi connectivity index (χ1) is 10.4. The molecule has 0 bridgehead atoms. The number of hydrogen-bond acceptors (Lipinski definition) is 4. The first-order valence-electron chi connectivity index (χ1n) is 9.07. The maximum atomic E-state index is 11.7. The van der Waals surface area contributed by atoms with Crippen LogP contribution in [0.25, 0.3) is 0 Å². The molecule has 1 rings (SSSR count). The van der Waals surface area contributed by atoms with Crippen LogP contribution in [0, 0.1) is 17.8 Å². The summed E-state index contributed by atoms with van der Waals surface area (Å²) < 4.78 is 0. The van der Waals surface area contributed by atoms with Gasteiger partial charge < -0.3 is 28.0 Å². The van der Waals surface area contributed by atoms with Crippen LogP contribution in [0.15, 0.2) is 0 Å². The smallest absolute Gasteiger partial charge is 0.119 e. The second-order valence-corrected chi connectivity index (χ2v) is 10.3. The quantitative estimate of drug-likeness (QED) is 0.491. The Kier molecular flexibility index (Phi) is 21.1. The van der Waals surface area contributed by atoms with E-state index in [9.17, 15) is 4.79 Å². The van der Waals surface area contributed by atoms with Crippen molar-refractivity contribution in [2.45, 2.75) is 99.2 Å². The van der Waals surface area contributed by atoms with E-state index in [0.717, 1.165) is 13.0 Å². The molecule has 0 spiro atoms. The van der Waals surface area contributed by atoms with Gasteiger partial charge in [0, 0.05) is 84.3 Å². The molecule has 0 aromatic rings. The molecular weight excluding hydrogens is 476 g/mol. The summed E-state index contributed by atoms with van der Waals surface area (Å²) >= 11 is 0. The molecule has 2 atom stereocenters. The molecule has 2 radical (unpaired) electrons. The van der Waals surface area contributed by atoms with Crippen molar-refractivity contribution in [1.82, 2.24) is 5.32 Å². The zero-order valence-electron chi connectivity index (χ0n) is 19.1. The first kappa shape index (κ1) is 35.2. The Hall–Kier alpha value is 1.76. The minimum absolute atomic E-state index is 0. The van der Waals surface area contributed by atoms with Crippen molar-refractivity contribution < 1.29 is 71.6 Å². The van der Waals surface area contributed by atoms with Gasteiger partial charge in [0.2, 0.25) is 0 Å². The molecule has 0 aliphatic carbocycles. The van der Waals surface area contributed by atoms with E-state index in [1.54, 1.807) is 0 Å². The van der Waals surface area contributed by atoms with Crippen LogP contribution < -0.4 is 16.8 Å². The van der Waals surface area contributed by atoms with Crippen LogP contribution in [0.4, 0.5) is 0 Å². The maximum Gasteiger partial charge on any atom is 0.119 e. The molecule has 0 amide bonds. The van der Waals surface area contributed by atoms with Crippen molar-refractivity contribution in [3.05, 3.63) is 6.42 Å². The number of Topliss-reactive ketones (excluding diaryl/α,β-unsaturated/α-hetero) is 1. The van der Waals surface area contributed by atoms with E-state index in [0.29, 0.717) is 18.1 Å². The standard InChI is InChI=1S/C12H22NO.2C4H11N.2Y.H2/c1-9-7-10(13-8-9)11(14)5-6-12(2,3)4;2*1-4(2,3)5;;;/h7,9-10,13H,5-6,8H2,1-4H3;2*5H2,1-3H3;;;1H/q-1;;;;;. The summed E-state index contributed by atoms with van der Waals surface area (Å²) in [5.74, 6) is 0.892. The zero-order chi connectivity index (χ0) is 19.8. The van der Waals surface area contributed by atoms with Crippen LogP contribution >= 0.6 is 0 Å².